The molecule has 3 saturated carbocycles. The number of rotatable bonds is 6. The first-order chi connectivity index (χ1) is 12.6. The number of nitrogens with one attached hydrogen (secondary N) is 2. The molecule has 0 saturated heterocycles. The Balaban J connectivity index is 1.27. The Morgan fingerprint density at radius 3 is 2.58 bits per heavy atom. The molecule has 1 heterocycles. The lowest BCUT2D eigenvalue weighted by Gasteiger charge is -2.29. The average molecular weight is 378 g/mol. The van der Waals surface area contributed by atoms with E-state index in [2.05, 4.69) is 32.3 Å². The minimum atomic E-state index is -0.378. The van der Waals surface area contributed by atoms with Crippen molar-refractivity contribution >= 4 is 23.7 Å². The van der Waals surface area contributed by atoms with Crippen molar-refractivity contribution in [2.45, 2.75) is 81.4 Å². The summed E-state index contributed by atoms with van der Waals surface area (Å²) in [5, 5.41) is 14.9. The van der Waals surface area contributed by atoms with Crippen molar-refractivity contribution in [2.24, 2.45) is 5.92 Å². The third-order valence-electron chi connectivity index (χ3n) is 5.56. The maximum atomic E-state index is 12.1. The lowest BCUT2D eigenvalue weighted by Crippen LogP contribution is -2.48. The molecule has 0 spiro atoms. The number of hydrogen-bond donors (Lipinski definition) is 2. The fourth-order valence-electron chi connectivity index (χ4n) is 3.71. The van der Waals surface area contributed by atoms with Gasteiger partial charge in [0.25, 0.3) is 0 Å². The molecule has 3 amide bonds. The number of nitrogens with zero attached hydrogens (tertiary/aromatic N) is 3. The summed E-state index contributed by atoms with van der Waals surface area (Å²) in [6.07, 6.45) is 9.20. The zero-order chi connectivity index (χ0) is 18.1. The molecule has 2 atom stereocenters. The smallest absolute Gasteiger partial charge is 0.321 e. The minimum absolute atomic E-state index is 0.170. The third kappa shape index (κ3) is 4.22. The van der Waals surface area contributed by atoms with E-state index in [0.29, 0.717) is 17.9 Å². The topological polar surface area (TPSA) is 88.9 Å². The van der Waals surface area contributed by atoms with E-state index in [0.717, 1.165) is 30.2 Å². The van der Waals surface area contributed by atoms with Crippen LogP contribution in [0.5, 0.6) is 0 Å². The first-order valence-corrected chi connectivity index (χ1v) is 10.8. The van der Waals surface area contributed by atoms with Crippen LogP contribution in [0, 0.1) is 5.92 Å². The van der Waals surface area contributed by atoms with E-state index >= 15 is 0 Å². The molecule has 2 N–H and O–H groups in total. The molecule has 7 nitrogen and oxygen atoms in total. The van der Waals surface area contributed by atoms with Crippen molar-refractivity contribution < 1.29 is 9.59 Å². The van der Waals surface area contributed by atoms with Gasteiger partial charge in [-0.2, -0.15) is 0 Å². The Kier molecular flexibility index (Phi) is 5.20. The maximum absolute atomic E-state index is 12.1. The monoisotopic (exact) mass is 377 g/mol. The van der Waals surface area contributed by atoms with Crippen LogP contribution in [0.15, 0.2) is 5.16 Å². The number of carbonyl (C=O) groups is 2. The van der Waals surface area contributed by atoms with E-state index in [4.69, 9.17) is 0 Å². The lowest BCUT2D eigenvalue weighted by molar-refractivity contribution is -0.117. The van der Waals surface area contributed by atoms with E-state index in [1.165, 1.54) is 43.9 Å². The molecular formula is C18H27N5O2S. The van der Waals surface area contributed by atoms with Crippen LogP contribution in [0.2, 0.25) is 0 Å². The van der Waals surface area contributed by atoms with Crippen LogP contribution in [0.3, 0.4) is 0 Å². The molecular weight excluding hydrogens is 350 g/mol. The Morgan fingerprint density at radius 2 is 1.88 bits per heavy atom. The van der Waals surface area contributed by atoms with E-state index in [1.54, 1.807) is 0 Å². The van der Waals surface area contributed by atoms with Gasteiger partial charge in [0, 0.05) is 18.0 Å². The first-order valence-electron chi connectivity index (χ1n) is 9.79. The van der Waals surface area contributed by atoms with Crippen LogP contribution in [0.1, 0.15) is 76.1 Å². The first kappa shape index (κ1) is 17.8. The van der Waals surface area contributed by atoms with E-state index in [1.807, 2.05) is 0 Å². The summed E-state index contributed by atoms with van der Waals surface area (Å²) in [7, 11) is 0. The molecule has 0 bridgehead atoms. The van der Waals surface area contributed by atoms with Gasteiger partial charge in [-0.1, -0.05) is 31.5 Å². The van der Waals surface area contributed by atoms with Crippen molar-refractivity contribution in [3.63, 3.8) is 0 Å². The van der Waals surface area contributed by atoms with Gasteiger partial charge in [0.1, 0.15) is 5.82 Å². The van der Waals surface area contributed by atoms with Gasteiger partial charge in [-0.25, -0.2) is 4.79 Å². The summed E-state index contributed by atoms with van der Waals surface area (Å²) in [5.74, 6) is 2.00. The number of imide groups is 1. The Morgan fingerprint density at radius 1 is 1.12 bits per heavy atom. The molecule has 3 fully saturated rings. The Bertz CT molecular complexity index is 683. The number of amides is 3. The fourth-order valence-corrected chi connectivity index (χ4v) is 4.52. The summed E-state index contributed by atoms with van der Waals surface area (Å²) in [6, 6.07) is 0.294. The Labute approximate surface area is 158 Å². The van der Waals surface area contributed by atoms with Crippen molar-refractivity contribution in [1.29, 1.82) is 0 Å². The highest BCUT2D eigenvalue weighted by molar-refractivity contribution is 7.99. The second kappa shape index (κ2) is 7.58. The molecule has 142 valence electrons. The molecule has 0 aromatic carbocycles. The van der Waals surface area contributed by atoms with Crippen LogP contribution in [0.25, 0.3) is 0 Å². The highest BCUT2D eigenvalue weighted by atomic mass is 32.2. The van der Waals surface area contributed by atoms with Gasteiger partial charge in [-0.3, -0.25) is 10.1 Å². The maximum Gasteiger partial charge on any atom is 0.321 e. The Hall–Kier alpha value is -1.57. The van der Waals surface area contributed by atoms with Crippen molar-refractivity contribution in [3.8, 4) is 0 Å². The fraction of sp³-hybridized carbons (Fsp3) is 0.778. The molecule has 0 unspecified atom stereocenters. The predicted octanol–water partition coefficient (Wildman–Crippen LogP) is 2.99. The number of urea groups is 1. The summed E-state index contributed by atoms with van der Waals surface area (Å²) in [5.41, 5.74) is 0. The van der Waals surface area contributed by atoms with Gasteiger partial charge < -0.3 is 9.88 Å². The zero-order valence-electron chi connectivity index (χ0n) is 15.2. The zero-order valence-corrected chi connectivity index (χ0v) is 16.1. The number of carbonyl (C=O) groups excluding carboxylic acids is 2. The van der Waals surface area contributed by atoms with Gasteiger partial charge in [-0.15, -0.1) is 10.2 Å². The number of hydrogen-bond acceptors (Lipinski definition) is 5. The molecule has 0 radical (unpaired) electrons. The van der Waals surface area contributed by atoms with E-state index in [9.17, 15) is 9.59 Å². The molecule has 8 heteroatoms. The lowest BCUT2D eigenvalue weighted by atomic mass is 9.86. The third-order valence-corrected chi connectivity index (χ3v) is 6.50. The quantitative estimate of drug-likeness (QED) is 0.744. The summed E-state index contributed by atoms with van der Waals surface area (Å²) in [4.78, 5) is 24.2. The molecule has 0 aliphatic heterocycles. The summed E-state index contributed by atoms with van der Waals surface area (Å²) in [6.45, 7) is 2.16. The summed E-state index contributed by atoms with van der Waals surface area (Å²) < 4.78 is 2.22. The van der Waals surface area contributed by atoms with Gasteiger partial charge in [0.2, 0.25) is 5.91 Å². The van der Waals surface area contributed by atoms with Gasteiger partial charge in [0.15, 0.2) is 5.16 Å². The molecule has 3 aliphatic carbocycles. The van der Waals surface area contributed by atoms with Crippen LogP contribution in [-0.4, -0.2) is 38.5 Å². The van der Waals surface area contributed by atoms with Gasteiger partial charge in [0.05, 0.1) is 5.75 Å². The van der Waals surface area contributed by atoms with Gasteiger partial charge >= 0.3 is 6.03 Å². The summed E-state index contributed by atoms with van der Waals surface area (Å²) >= 11 is 1.38. The largest absolute Gasteiger partial charge is 0.335 e. The highest BCUT2D eigenvalue weighted by Gasteiger charge is 2.36. The standard InChI is InChI=1S/C18H27N5O2S/c1-11-4-2-3-5-14(11)19-17(25)20-15(24)10-26-18-22-21-16(12-6-7-12)23(18)13-8-9-13/h11-14H,2-10H2,1H3,(H2,19,20,24,25)/t11-,14-/m1/s1. The van der Waals surface area contributed by atoms with Crippen LogP contribution in [-0.2, 0) is 4.79 Å². The van der Waals surface area contributed by atoms with Crippen LogP contribution >= 0.6 is 11.8 Å². The predicted molar refractivity (Wildman–Crippen MR) is 99.1 cm³/mol. The van der Waals surface area contributed by atoms with Crippen LogP contribution < -0.4 is 10.6 Å². The normalized spacial score (nSPS) is 25.7. The van der Waals surface area contributed by atoms with Crippen molar-refractivity contribution in [2.75, 3.05) is 5.75 Å². The van der Waals surface area contributed by atoms with Gasteiger partial charge in [-0.05, 0) is 44.4 Å². The van der Waals surface area contributed by atoms with Crippen LogP contribution in [0.4, 0.5) is 4.79 Å². The molecule has 1 aromatic rings. The molecule has 4 rings (SSSR count). The van der Waals surface area contributed by atoms with Crippen molar-refractivity contribution in [3.05, 3.63) is 5.82 Å². The second-order valence-corrected chi connectivity index (χ2v) is 8.84. The molecule has 26 heavy (non-hydrogen) atoms. The van der Waals surface area contributed by atoms with E-state index < -0.39 is 0 Å². The second-order valence-electron chi connectivity index (χ2n) is 7.89. The number of aromatic nitrogens is 3. The average Bonchev–Trinajstić information content (AvgIpc) is 3.54. The molecule has 1 aromatic heterocycles. The van der Waals surface area contributed by atoms with Crippen molar-refractivity contribution in [1.82, 2.24) is 25.4 Å². The number of thioether (sulfide) groups is 1. The SMILES string of the molecule is C[C@@H]1CCCC[C@H]1NC(=O)NC(=O)CSc1nnc(C2CC2)n1C1CC1. The molecule has 3 aliphatic rings. The minimum Gasteiger partial charge on any atom is -0.335 e. The highest BCUT2D eigenvalue weighted by Crippen LogP contribution is 2.45. The van der Waals surface area contributed by atoms with E-state index in [-0.39, 0.29) is 23.7 Å².